The average molecular weight is 404 g/mol. The van der Waals surface area contributed by atoms with Gasteiger partial charge in [0.25, 0.3) is 11.7 Å². The van der Waals surface area contributed by atoms with Crippen LogP contribution in [-0.2, 0) is 16.1 Å². The van der Waals surface area contributed by atoms with Crippen LogP contribution in [0.5, 0.6) is 0 Å². The molecule has 0 aromatic heterocycles. The van der Waals surface area contributed by atoms with Crippen molar-refractivity contribution >= 4 is 29.3 Å². The van der Waals surface area contributed by atoms with Gasteiger partial charge in [0, 0.05) is 24.5 Å². The second-order valence-electron chi connectivity index (χ2n) is 6.14. The zero-order valence-corrected chi connectivity index (χ0v) is 15.2. The minimum absolute atomic E-state index is 0.0702. The summed E-state index contributed by atoms with van der Waals surface area (Å²) in [4.78, 5) is 25.8. The lowest BCUT2D eigenvalue weighted by Gasteiger charge is -2.23. The monoisotopic (exact) mass is 403 g/mol. The van der Waals surface area contributed by atoms with Crippen molar-refractivity contribution in [3.63, 3.8) is 0 Å². The van der Waals surface area contributed by atoms with Gasteiger partial charge in [-0.1, -0.05) is 23.7 Å². The minimum atomic E-state index is -2.35. The van der Waals surface area contributed by atoms with Crippen molar-refractivity contribution in [3.05, 3.63) is 64.4 Å². The van der Waals surface area contributed by atoms with Crippen LogP contribution in [0.1, 0.15) is 17.5 Å². The lowest BCUT2D eigenvalue weighted by Crippen LogP contribution is -2.46. The second kappa shape index (κ2) is 7.84. The van der Waals surface area contributed by atoms with Gasteiger partial charge in [0.2, 0.25) is 0 Å². The van der Waals surface area contributed by atoms with Gasteiger partial charge in [0.05, 0.1) is 11.3 Å². The number of para-hydroxylation sites is 1. The van der Waals surface area contributed by atoms with Crippen LogP contribution in [-0.4, -0.2) is 29.4 Å². The van der Waals surface area contributed by atoms with E-state index in [0.717, 1.165) is 6.07 Å². The molecule has 1 aliphatic heterocycles. The summed E-state index contributed by atoms with van der Waals surface area (Å²) in [7, 11) is 0. The van der Waals surface area contributed by atoms with Gasteiger partial charge >= 0.3 is 6.09 Å². The molecule has 28 heavy (non-hydrogen) atoms. The number of anilines is 1. The molecule has 9 heteroatoms. The highest BCUT2D eigenvalue weighted by molar-refractivity contribution is 6.30. The summed E-state index contributed by atoms with van der Waals surface area (Å²) in [6.07, 6.45) is -1.21. The van der Waals surface area contributed by atoms with E-state index in [1.807, 2.05) is 6.07 Å². The first-order valence-electron chi connectivity index (χ1n) is 8.28. The van der Waals surface area contributed by atoms with E-state index >= 15 is 0 Å². The number of amides is 2. The lowest BCUT2D eigenvalue weighted by molar-refractivity contribution is -0.175. The molecule has 0 spiro atoms. The van der Waals surface area contributed by atoms with Crippen molar-refractivity contribution in [2.45, 2.75) is 18.8 Å². The smallest absolute Gasteiger partial charge is 0.407 e. The number of carbonyl (C=O) groups is 2. The third-order valence-corrected chi connectivity index (χ3v) is 4.41. The van der Waals surface area contributed by atoms with Gasteiger partial charge < -0.3 is 20.1 Å². The number of alkyl carbamates (subject to hydrolysis) is 1. The van der Waals surface area contributed by atoms with Crippen molar-refractivity contribution in [1.29, 1.82) is 5.26 Å². The number of ether oxygens (including phenoxy) is 1. The molecular weight excluding hydrogens is 389 g/mol. The van der Waals surface area contributed by atoms with Gasteiger partial charge in [-0.25, -0.2) is 9.18 Å². The van der Waals surface area contributed by atoms with Gasteiger partial charge in [-0.05, 0) is 35.9 Å². The van der Waals surface area contributed by atoms with E-state index in [1.54, 1.807) is 18.2 Å². The van der Waals surface area contributed by atoms with E-state index in [2.05, 4.69) is 5.32 Å². The van der Waals surface area contributed by atoms with Crippen LogP contribution in [0.4, 0.5) is 14.9 Å². The third kappa shape index (κ3) is 4.06. The van der Waals surface area contributed by atoms with Crippen LogP contribution < -0.4 is 10.2 Å². The Labute approximate surface area is 164 Å². The molecule has 2 aromatic rings. The third-order valence-electron chi connectivity index (χ3n) is 4.19. The molecule has 1 fully saturated rings. The molecule has 7 nitrogen and oxygen atoms in total. The van der Waals surface area contributed by atoms with E-state index in [1.165, 1.54) is 23.1 Å². The van der Waals surface area contributed by atoms with E-state index in [0.29, 0.717) is 11.3 Å². The Bertz CT molecular complexity index is 958. The predicted octanol–water partition coefficient (Wildman–Crippen LogP) is 2.70. The summed E-state index contributed by atoms with van der Waals surface area (Å²) in [5.41, 5.74) is 0.966. The van der Waals surface area contributed by atoms with E-state index in [9.17, 15) is 24.3 Å². The average Bonchev–Trinajstić information content (AvgIpc) is 2.94. The molecule has 1 saturated heterocycles. The Morgan fingerprint density at radius 1 is 1.39 bits per heavy atom. The number of rotatable bonds is 4. The fourth-order valence-corrected chi connectivity index (χ4v) is 3.13. The zero-order chi connectivity index (χ0) is 20.3. The molecular formula is C19H15ClFN3O4. The number of nitriles is 1. The first-order chi connectivity index (χ1) is 13.3. The molecule has 1 heterocycles. The maximum absolute atomic E-state index is 13.3. The molecule has 1 aliphatic rings. The van der Waals surface area contributed by atoms with Crippen LogP contribution in [0.3, 0.4) is 0 Å². The topological polar surface area (TPSA) is 103 Å². The quantitative estimate of drug-likeness (QED) is 0.764. The number of aliphatic hydroxyl groups is 1. The SMILES string of the molecule is N#Cc1ccccc1N1CC[C@](O)(OC(=O)NCc2cc(F)cc(Cl)c2)C1=O. The standard InChI is InChI=1S/C19H15ClFN3O4/c20-14-7-12(8-15(21)9-14)11-23-18(26)28-19(27)5-6-24(17(19)25)16-4-2-1-3-13(16)10-22/h1-4,7-9,27H,5-6,11H2,(H,23,26)/t19-/m0/s1. The predicted molar refractivity (Wildman–Crippen MR) is 97.8 cm³/mol. The number of nitrogens with one attached hydrogen (secondary N) is 1. The molecule has 0 bridgehead atoms. The normalized spacial score (nSPS) is 18.6. The van der Waals surface area contributed by atoms with Crippen molar-refractivity contribution in [3.8, 4) is 6.07 Å². The fraction of sp³-hybridized carbons (Fsp3) is 0.211. The van der Waals surface area contributed by atoms with E-state index in [-0.39, 0.29) is 30.1 Å². The lowest BCUT2D eigenvalue weighted by atomic mass is 10.2. The fourth-order valence-electron chi connectivity index (χ4n) is 2.89. The molecule has 144 valence electrons. The van der Waals surface area contributed by atoms with Crippen LogP contribution in [0.2, 0.25) is 5.02 Å². The molecule has 1 atom stereocenters. The summed E-state index contributed by atoms with van der Waals surface area (Å²) in [5, 5.41) is 22.2. The Morgan fingerprint density at radius 2 is 2.14 bits per heavy atom. The molecule has 0 saturated carbocycles. The molecule has 0 radical (unpaired) electrons. The summed E-state index contributed by atoms with van der Waals surface area (Å²) < 4.78 is 18.2. The van der Waals surface area contributed by atoms with Crippen molar-refractivity contribution in [2.24, 2.45) is 0 Å². The zero-order valence-electron chi connectivity index (χ0n) is 14.5. The van der Waals surface area contributed by atoms with Crippen LogP contribution in [0.15, 0.2) is 42.5 Å². The minimum Gasteiger partial charge on any atom is -0.407 e. The summed E-state index contributed by atoms with van der Waals surface area (Å²) in [5.74, 6) is -3.76. The van der Waals surface area contributed by atoms with E-state index < -0.39 is 23.6 Å². The first kappa shape index (κ1) is 19.6. The number of benzene rings is 2. The van der Waals surface area contributed by atoms with Crippen molar-refractivity contribution in [1.82, 2.24) is 5.32 Å². The molecule has 0 aliphatic carbocycles. The van der Waals surface area contributed by atoms with Crippen molar-refractivity contribution < 1.29 is 23.8 Å². The first-order valence-corrected chi connectivity index (χ1v) is 8.65. The summed E-state index contributed by atoms with van der Waals surface area (Å²) in [6.45, 7) is -0.0393. The summed E-state index contributed by atoms with van der Waals surface area (Å²) in [6, 6.07) is 12.1. The van der Waals surface area contributed by atoms with E-state index in [4.69, 9.17) is 16.3 Å². The Morgan fingerprint density at radius 3 is 2.86 bits per heavy atom. The molecule has 3 rings (SSSR count). The molecule has 2 N–H and O–H groups in total. The number of carbonyl (C=O) groups excluding carboxylic acids is 2. The highest BCUT2D eigenvalue weighted by Gasteiger charge is 2.50. The number of hydrogen-bond donors (Lipinski definition) is 2. The number of halogens is 2. The van der Waals surface area contributed by atoms with Crippen LogP contribution >= 0.6 is 11.6 Å². The highest BCUT2D eigenvalue weighted by atomic mass is 35.5. The van der Waals surface area contributed by atoms with Gasteiger partial charge in [-0.2, -0.15) is 5.26 Å². The van der Waals surface area contributed by atoms with Crippen LogP contribution in [0, 0.1) is 17.1 Å². The molecule has 0 unspecified atom stereocenters. The molecule has 2 amide bonds. The van der Waals surface area contributed by atoms with Gasteiger partial charge in [0.1, 0.15) is 11.9 Å². The van der Waals surface area contributed by atoms with Gasteiger partial charge in [0.15, 0.2) is 0 Å². The van der Waals surface area contributed by atoms with Gasteiger partial charge in [-0.3, -0.25) is 4.79 Å². The Balaban J connectivity index is 1.66. The second-order valence-corrected chi connectivity index (χ2v) is 6.58. The Hall–Kier alpha value is -3.15. The Kier molecular flexibility index (Phi) is 5.49. The summed E-state index contributed by atoms with van der Waals surface area (Å²) >= 11 is 5.75. The highest BCUT2D eigenvalue weighted by Crippen LogP contribution is 2.31. The largest absolute Gasteiger partial charge is 0.410 e. The van der Waals surface area contributed by atoms with Crippen LogP contribution in [0.25, 0.3) is 0 Å². The molecule has 2 aromatic carbocycles. The van der Waals surface area contributed by atoms with Crippen molar-refractivity contribution in [2.75, 3.05) is 11.4 Å². The van der Waals surface area contributed by atoms with Gasteiger partial charge in [-0.15, -0.1) is 0 Å². The number of hydrogen-bond acceptors (Lipinski definition) is 5. The number of nitrogens with zero attached hydrogens (tertiary/aromatic N) is 2. The maximum Gasteiger partial charge on any atom is 0.410 e. The maximum atomic E-state index is 13.3.